The Bertz CT molecular complexity index is 355. The summed E-state index contributed by atoms with van der Waals surface area (Å²) in [6.45, 7) is 0. The molecule has 50 valence electrons. The zero-order valence-electron chi connectivity index (χ0n) is 5.01. The second-order valence-electron chi connectivity index (χ2n) is 1.82. The van der Waals surface area contributed by atoms with Gasteiger partial charge in [-0.25, -0.2) is 4.73 Å². The molecule has 0 aliphatic rings. The third-order valence-corrected chi connectivity index (χ3v) is 1.19. The fourth-order valence-corrected chi connectivity index (χ4v) is 0.758. The van der Waals surface area contributed by atoms with E-state index in [2.05, 4.69) is 10.1 Å². The first kappa shape index (κ1) is 5.16. The number of hydrogen-bond acceptors (Lipinski definition) is 3. The summed E-state index contributed by atoms with van der Waals surface area (Å²) in [5, 5.41) is 14.5. The molecular formula is C5H4N4O. The van der Waals surface area contributed by atoms with E-state index in [0.717, 1.165) is 0 Å². The van der Waals surface area contributed by atoms with Gasteiger partial charge in [0.05, 0.1) is 12.4 Å². The van der Waals surface area contributed by atoms with Crippen molar-refractivity contribution in [3.05, 3.63) is 30.0 Å². The van der Waals surface area contributed by atoms with Crippen LogP contribution in [0.2, 0.25) is 0 Å². The van der Waals surface area contributed by atoms with Gasteiger partial charge in [0.25, 0.3) is 0 Å². The summed E-state index contributed by atoms with van der Waals surface area (Å²) in [5.41, 5.74) is 0. The molecule has 10 heavy (non-hydrogen) atoms. The molecule has 0 aliphatic carbocycles. The zero-order valence-corrected chi connectivity index (χ0v) is 5.01. The molecule has 0 bridgehead atoms. The number of nitrogens with zero attached hydrogens (tertiary/aromatic N) is 4. The molecule has 0 amide bonds. The van der Waals surface area contributed by atoms with Gasteiger partial charge in [-0.3, -0.25) is 0 Å². The van der Waals surface area contributed by atoms with E-state index in [-0.39, 0.29) is 0 Å². The molecule has 2 rings (SSSR count). The van der Waals surface area contributed by atoms with Gasteiger partial charge in [0.15, 0.2) is 0 Å². The van der Waals surface area contributed by atoms with Gasteiger partial charge in [0.2, 0.25) is 6.33 Å². The number of fused-ring (bicyclic) bond motifs is 1. The summed E-state index contributed by atoms with van der Waals surface area (Å²) in [5.74, 6) is 0.294. The van der Waals surface area contributed by atoms with Crippen LogP contribution < -0.4 is 4.73 Å². The van der Waals surface area contributed by atoms with Gasteiger partial charge in [-0.15, -0.1) is 4.98 Å². The highest BCUT2D eigenvalue weighted by Crippen LogP contribution is 1.86. The third kappa shape index (κ3) is 0.540. The fourth-order valence-electron chi connectivity index (χ4n) is 0.758. The topological polar surface area (TPSA) is 57.1 Å². The van der Waals surface area contributed by atoms with Crippen LogP contribution in [0, 0.1) is 5.21 Å². The molecule has 0 unspecified atom stereocenters. The molecule has 0 saturated heterocycles. The Balaban J connectivity index is 2.93. The van der Waals surface area contributed by atoms with Gasteiger partial charge in [0, 0.05) is 0 Å². The van der Waals surface area contributed by atoms with E-state index < -0.39 is 0 Å². The van der Waals surface area contributed by atoms with Crippen LogP contribution in [0.4, 0.5) is 0 Å². The van der Waals surface area contributed by atoms with Gasteiger partial charge in [0.1, 0.15) is 0 Å². The van der Waals surface area contributed by atoms with E-state index in [1.807, 2.05) is 0 Å². The summed E-state index contributed by atoms with van der Waals surface area (Å²) in [6.07, 6.45) is 4.38. The van der Waals surface area contributed by atoms with Gasteiger partial charge < -0.3 is 5.21 Å². The van der Waals surface area contributed by atoms with E-state index in [4.69, 9.17) is 0 Å². The monoisotopic (exact) mass is 136 g/mol. The molecular weight excluding hydrogens is 132 g/mol. The summed E-state index contributed by atoms with van der Waals surface area (Å²) in [4.78, 5) is 3.79. The first-order valence-corrected chi connectivity index (χ1v) is 2.75. The van der Waals surface area contributed by atoms with Crippen LogP contribution in [-0.2, 0) is 0 Å². The molecule has 0 fully saturated rings. The maximum atomic E-state index is 10.7. The molecule has 0 aromatic carbocycles. The van der Waals surface area contributed by atoms with Crippen LogP contribution in [-0.4, -0.2) is 14.6 Å². The molecule has 2 heterocycles. The van der Waals surface area contributed by atoms with Gasteiger partial charge >= 0.3 is 5.78 Å². The zero-order chi connectivity index (χ0) is 6.97. The van der Waals surface area contributed by atoms with E-state index in [0.29, 0.717) is 10.5 Å². The molecule has 0 radical (unpaired) electrons. The molecule has 5 nitrogen and oxygen atoms in total. The van der Waals surface area contributed by atoms with Crippen molar-refractivity contribution >= 4 is 5.78 Å². The van der Waals surface area contributed by atoms with E-state index in [1.54, 1.807) is 18.5 Å². The minimum absolute atomic E-state index is 0.294. The Morgan fingerprint density at radius 2 is 2.50 bits per heavy atom. The minimum atomic E-state index is 0.294. The predicted octanol–water partition coefficient (Wildman–Crippen LogP) is -0.637. The maximum Gasteiger partial charge on any atom is 0.385 e. The molecule has 2 aromatic rings. The minimum Gasteiger partial charge on any atom is -0.754 e. The molecule has 0 N–H and O–H groups in total. The highest BCUT2D eigenvalue weighted by Gasteiger charge is 2.02. The van der Waals surface area contributed by atoms with Crippen LogP contribution in [0.5, 0.6) is 0 Å². The normalized spacial score (nSPS) is 10.4. The summed E-state index contributed by atoms with van der Waals surface area (Å²) in [6, 6.07) is 1.71. The summed E-state index contributed by atoms with van der Waals surface area (Å²) >= 11 is 0. The smallest absolute Gasteiger partial charge is 0.385 e. The lowest BCUT2D eigenvalue weighted by molar-refractivity contribution is -0.580. The Kier molecular flexibility index (Phi) is 0.858. The van der Waals surface area contributed by atoms with Gasteiger partial charge in [-0.1, -0.05) is 4.52 Å². The van der Waals surface area contributed by atoms with Crippen LogP contribution in [0.25, 0.3) is 5.78 Å². The SMILES string of the molecule is [O-][n+]1cnn2cccnc21. The lowest BCUT2D eigenvalue weighted by Gasteiger charge is -1.92. The average Bonchev–Trinajstić information content (AvgIpc) is 2.34. The first-order valence-electron chi connectivity index (χ1n) is 2.75. The maximum absolute atomic E-state index is 10.7. The van der Waals surface area contributed by atoms with Crippen LogP contribution >= 0.6 is 0 Å². The Morgan fingerprint density at radius 3 is 3.30 bits per heavy atom. The quantitative estimate of drug-likeness (QED) is 0.357. The van der Waals surface area contributed by atoms with Crippen molar-refractivity contribution in [2.24, 2.45) is 0 Å². The highest BCUT2D eigenvalue weighted by atomic mass is 16.5. The second kappa shape index (κ2) is 1.66. The van der Waals surface area contributed by atoms with Crippen molar-refractivity contribution in [3.8, 4) is 0 Å². The molecule has 5 heteroatoms. The molecule has 0 spiro atoms. The summed E-state index contributed by atoms with van der Waals surface area (Å²) < 4.78 is 2.02. The highest BCUT2D eigenvalue weighted by molar-refractivity contribution is 5.15. The Labute approximate surface area is 56.1 Å². The van der Waals surface area contributed by atoms with Crippen molar-refractivity contribution in [2.75, 3.05) is 0 Å². The summed E-state index contributed by atoms with van der Waals surface area (Å²) in [7, 11) is 0. The predicted molar refractivity (Wildman–Crippen MR) is 31.9 cm³/mol. The first-order chi connectivity index (χ1) is 4.88. The fraction of sp³-hybridized carbons (Fsp3) is 0. The van der Waals surface area contributed by atoms with Crippen molar-refractivity contribution < 1.29 is 4.73 Å². The standard InChI is InChI=1S/C5H4N4O/c10-9-4-7-8-3-1-2-6-5(8)9/h1-4H. The van der Waals surface area contributed by atoms with Gasteiger partial charge in [-0.2, -0.15) is 0 Å². The number of aromatic nitrogens is 4. The average molecular weight is 136 g/mol. The third-order valence-electron chi connectivity index (χ3n) is 1.19. The largest absolute Gasteiger partial charge is 0.754 e. The van der Waals surface area contributed by atoms with Crippen molar-refractivity contribution in [1.29, 1.82) is 0 Å². The molecule has 0 atom stereocenters. The Morgan fingerprint density at radius 1 is 1.60 bits per heavy atom. The van der Waals surface area contributed by atoms with E-state index >= 15 is 0 Å². The van der Waals surface area contributed by atoms with E-state index in [9.17, 15) is 5.21 Å². The molecule has 0 aliphatic heterocycles. The molecule has 0 saturated carbocycles. The Hall–Kier alpha value is -1.65. The van der Waals surface area contributed by atoms with Crippen LogP contribution in [0.1, 0.15) is 0 Å². The van der Waals surface area contributed by atoms with Crippen molar-refractivity contribution in [1.82, 2.24) is 14.6 Å². The second-order valence-corrected chi connectivity index (χ2v) is 1.82. The lowest BCUT2D eigenvalue weighted by Crippen LogP contribution is -2.24. The number of rotatable bonds is 0. The number of hydrogen-bond donors (Lipinski definition) is 0. The van der Waals surface area contributed by atoms with Crippen molar-refractivity contribution in [3.63, 3.8) is 0 Å². The van der Waals surface area contributed by atoms with Crippen molar-refractivity contribution in [2.45, 2.75) is 0 Å². The van der Waals surface area contributed by atoms with Crippen LogP contribution in [0.3, 0.4) is 0 Å². The van der Waals surface area contributed by atoms with Crippen LogP contribution in [0.15, 0.2) is 24.8 Å². The van der Waals surface area contributed by atoms with Gasteiger partial charge in [-0.05, 0) is 11.2 Å². The molecule has 2 aromatic heterocycles. The lowest BCUT2D eigenvalue weighted by atomic mass is 10.7. The van der Waals surface area contributed by atoms with E-state index in [1.165, 1.54) is 10.8 Å².